The molecule has 0 bridgehead atoms. The Kier molecular flexibility index (Phi) is 4.76. The Bertz CT molecular complexity index is 354. The van der Waals surface area contributed by atoms with Crippen molar-refractivity contribution in [3.8, 4) is 0 Å². The van der Waals surface area contributed by atoms with Crippen LogP contribution in [0.15, 0.2) is 18.5 Å². The molecule has 1 N–H and O–H groups in total. The van der Waals surface area contributed by atoms with Crippen LogP contribution in [0.1, 0.15) is 37.0 Å². The number of aldehydes is 1. The molecule has 16 heavy (non-hydrogen) atoms. The summed E-state index contributed by atoms with van der Waals surface area (Å²) in [6, 6.07) is 1.94. The van der Waals surface area contributed by atoms with Gasteiger partial charge in [-0.3, -0.25) is 9.59 Å². The fourth-order valence-electron chi connectivity index (χ4n) is 1.56. The van der Waals surface area contributed by atoms with Crippen molar-refractivity contribution in [3.05, 3.63) is 24.0 Å². The molecule has 0 unspecified atom stereocenters. The second-order valence-corrected chi connectivity index (χ2v) is 3.82. The summed E-state index contributed by atoms with van der Waals surface area (Å²) in [6.07, 6.45) is 6.05. The van der Waals surface area contributed by atoms with Crippen LogP contribution in [-0.4, -0.2) is 22.8 Å². The number of amides is 1. The Labute approximate surface area is 95.6 Å². The second kappa shape index (κ2) is 6.10. The summed E-state index contributed by atoms with van der Waals surface area (Å²) in [5.41, 5.74) is 0.593. The van der Waals surface area contributed by atoms with Gasteiger partial charge in [0.25, 0.3) is 0 Å². The van der Waals surface area contributed by atoms with Gasteiger partial charge >= 0.3 is 0 Å². The Morgan fingerprint density at radius 3 is 2.69 bits per heavy atom. The molecule has 0 radical (unpaired) electrons. The zero-order valence-corrected chi connectivity index (χ0v) is 9.77. The SMILES string of the molecule is CCC(CC)NC(=O)Cn1ccc(C=O)c1. The van der Waals surface area contributed by atoms with Gasteiger partial charge in [0.05, 0.1) is 0 Å². The lowest BCUT2D eigenvalue weighted by molar-refractivity contribution is -0.122. The third kappa shape index (κ3) is 3.53. The number of hydrogen-bond acceptors (Lipinski definition) is 2. The minimum atomic E-state index is -0.0123. The number of hydrogen-bond donors (Lipinski definition) is 1. The van der Waals surface area contributed by atoms with Crippen molar-refractivity contribution in [2.24, 2.45) is 0 Å². The average Bonchev–Trinajstić information content (AvgIpc) is 2.73. The molecule has 1 aromatic rings. The number of nitrogens with one attached hydrogen (secondary N) is 1. The van der Waals surface area contributed by atoms with E-state index in [0.29, 0.717) is 5.56 Å². The van der Waals surface area contributed by atoms with E-state index in [1.165, 1.54) is 0 Å². The molecule has 1 heterocycles. The summed E-state index contributed by atoms with van der Waals surface area (Å²) in [4.78, 5) is 22.1. The lowest BCUT2D eigenvalue weighted by Crippen LogP contribution is -2.35. The minimum absolute atomic E-state index is 0.0123. The van der Waals surface area contributed by atoms with E-state index in [1.807, 2.05) is 0 Å². The van der Waals surface area contributed by atoms with Gasteiger partial charge in [-0.2, -0.15) is 0 Å². The van der Waals surface area contributed by atoms with Crippen molar-refractivity contribution < 1.29 is 9.59 Å². The van der Waals surface area contributed by atoms with E-state index in [-0.39, 0.29) is 18.5 Å². The Balaban J connectivity index is 2.47. The van der Waals surface area contributed by atoms with E-state index in [1.54, 1.807) is 23.0 Å². The third-order valence-corrected chi connectivity index (χ3v) is 2.59. The van der Waals surface area contributed by atoms with Crippen molar-refractivity contribution in [3.63, 3.8) is 0 Å². The Morgan fingerprint density at radius 2 is 2.19 bits per heavy atom. The highest BCUT2D eigenvalue weighted by molar-refractivity contribution is 5.77. The fourth-order valence-corrected chi connectivity index (χ4v) is 1.56. The summed E-state index contributed by atoms with van der Waals surface area (Å²) < 4.78 is 1.71. The number of rotatable bonds is 6. The van der Waals surface area contributed by atoms with Crippen LogP contribution in [0, 0.1) is 0 Å². The molecule has 0 aromatic carbocycles. The summed E-state index contributed by atoms with van der Waals surface area (Å²) in [7, 11) is 0. The monoisotopic (exact) mass is 222 g/mol. The Morgan fingerprint density at radius 1 is 1.50 bits per heavy atom. The molecule has 4 nitrogen and oxygen atoms in total. The van der Waals surface area contributed by atoms with Gasteiger partial charge in [0.2, 0.25) is 5.91 Å². The van der Waals surface area contributed by atoms with Gasteiger partial charge in [0, 0.05) is 24.0 Å². The molecule has 1 aromatic heterocycles. The van der Waals surface area contributed by atoms with Gasteiger partial charge in [0.1, 0.15) is 6.54 Å². The summed E-state index contributed by atoms with van der Waals surface area (Å²) in [5.74, 6) is -0.0123. The number of carbonyl (C=O) groups excluding carboxylic acids is 2. The third-order valence-electron chi connectivity index (χ3n) is 2.59. The van der Waals surface area contributed by atoms with Crippen molar-refractivity contribution in [2.75, 3.05) is 0 Å². The highest BCUT2D eigenvalue weighted by atomic mass is 16.2. The molecule has 0 aliphatic heterocycles. The molecule has 0 fully saturated rings. The normalized spacial score (nSPS) is 10.4. The van der Waals surface area contributed by atoms with E-state index >= 15 is 0 Å². The van der Waals surface area contributed by atoms with Crippen LogP contribution in [0.3, 0.4) is 0 Å². The molecule has 1 amide bonds. The molecule has 0 saturated heterocycles. The topological polar surface area (TPSA) is 51.1 Å². The largest absolute Gasteiger partial charge is 0.352 e. The lowest BCUT2D eigenvalue weighted by atomic mass is 10.2. The molecule has 0 saturated carbocycles. The van der Waals surface area contributed by atoms with Gasteiger partial charge in [-0.15, -0.1) is 0 Å². The predicted molar refractivity (Wildman–Crippen MR) is 62.3 cm³/mol. The molecule has 0 aliphatic carbocycles. The van der Waals surface area contributed by atoms with Gasteiger partial charge in [-0.1, -0.05) is 13.8 Å². The van der Waals surface area contributed by atoms with E-state index in [4.69, 9.17) is 0 Å². The maximum atomic E-state index is 11.6. The number of nitrogens with zero attached hydrogens (tertiary/aromatic N) is 1. The summed E-state index contributed by atoms with van der Waals surface area (Å²) in [5, 5.41) is 2.94. The maximum absolute atomic E-state index is 11.6. The predicted octanol–water partition coefficient (Wildman–Crippen LogP) is 1.61. The van der Waals surface area contributed by atoms with Crippen molar-refractivity contribution in [2.45, 2.75) is 39.3 Å². The number of aromatic nitrogens is 1. The maximum Gasteiger partial charge on any atom is 0.240 e. The van der Waals surface area contributed by atoms with Crippen LogP contribution in [0.2, 0.25) is 0 Å². The zero-order valence-electron chi connectivity index (χ0n) is 9.77. The van der Waals surface area contributed by atoms with Gasteiger partial charge in [-0.25, -0.2) is 0 Å². The van der Waals surface area contributed by atoms with Crippen molar-refractivity contribution >= 4 is 12.2 Å². The first-order valence-electron chi connectivity index (χ1n) is 5.59. The van der Waals surface area contributed by atoms with E-state index in [0.717, 1.165) is 19.1 Å². The van der Waals surface area contributed by atoms with E-state index < -0.39 is 0 Å². The first kappa shape index (κ1) is 12.5. The van der Waals surface area contributed by atoms with Crippen LogP contribution in [0.4, 0.5) is 0 Å². The van der Waals surface area contributed by atoms with Crippen molar-refractivity contribution in [1.29, 1.82) is 0 Å². The molecular formula is C12H18N2O2. The molecule has 4 heteroatoms. The van der Waals surface area contributed by atoms with Crippen LogP contribution in [-0.2, 0) is 11.3 Å². The molecule has 88 valence electrons. The van der Waals surface area contributed by atoms with Gasteiger partial charge < -0.3 is 9.88 Å². The number of carbonyl (C=O) groups is 2. The van der Waals surface area contributed by atoms with E-state index in [2.05, 4.69) is 19.2 Å². The standard InChI is InChI=1S/C12H18N2O2/c1-3-11(4-2)13-12(16)8-14-6-5-10(7-14)9-15/h5-7,9,11H,3-4,8H2,1-2H3,(H,13,16). The Hall–Kier alpha value is -1.58. The first-order valence-corrected chi connectivity index (χ1v) is 5.59. The molecular weight excluding hydrogens is 204 g/mol. The van der Waals surface area contributed by atoms with Crippen LogP contribution >= 0.6 is 0 Å². The van der Waals surface area contributed by atoms with Crippen molar-refractivity contribution in [1.82, 2.24) is 9.88 Å². The summed E-state index contributed by atoms with van der Waals surface area (Å²) in [6.45, 7) is 4.37. The average molecular weight is 222 g/mol. The zero-order chi connectivity index (χ0) is 12.0. The highest BCUT2D eigenvalue weighted by Crippen LogP contribution is 1.99. The van der Waals surface area contributed by atoms with Gasteiger partial charge in [-0.05, 0) is 18.9 Å². The van der Waals surface area contributed by atoms with Crippen LogP contribution in [0.5, 0.6) is 0 Å². The highest BCUT2D eigenvalue weighted by Gasteiger charge is 2.08. The fraction of sp³-hybridized carbons (Fsp3) is 0.500. The van der Waals surface area contributed by atoms with Crippen LogP contribution < -0.4 is 5.32 Å². The first-order chi connectivity index (χ1) is 7.69. The minimum Gasteiger partial charge on any atom is -0.352 e. The molecule has 0 spiro atoms. The quantitative estimate of drug-likeness (QED) is 0.743. The molecule has 0 aliphatic rings. The van der Waals surface area contributed by atoms with Crippen LogP contribution in [0.25, 0.3) is 0 Å². The molecule has 0 atom stereocenters. The van der Waals surface area contributed by atoms with Gasteiger partial charge in [0.15, 0.2) is 6.29 Å². The second-order valence-electron chi connectivity index (χ2n) is 3.82. The van der Waals surface area contributed by atoms with E-state index in [9.17, 15) is 9.59 Å². The summed E-state index contributed by atoms with van der Waals surface area (Å²) >= 11 is 0. The lowest BCUT2D eigenvalue weighted by Gasteiger charge is -2.14. The smallest absolute Gasteiger partial charge is 0.240 e. The molecule has 1 rings (SSSR count).